The molecule has 2 aromatic heterocycles. The van der Waals surface area contributed by atoms with Gasteiger partial charge in [0.1, 0.15) is 23.6 Å². The number of nitro groups is 1. The number of methoxy groups -OCH3 is 1. The summed E-state index contributed by atoms with van der Waals surface area (Å²) in [5.41, 5.74) is 2.13. The predicted octanol–water partition coefficient (Wildman–Crippen LogP) is 3.83. The molecule has 0 aliphatic rings. The molecule has 0 aliphatic heterocycles. The number of fused-ring (bicyclic) bond motifs is 1. The number of benzene rings is 2. The zero-order valence-electron chi connectivity index (χ0n) is 20.7. The van der Waals surface area contributed by atoms with Crippen LogP contribution in [0.15, 0.2) is 42.9 Å². The van der Waals surface area contributed by atoms with E-state index < -0.39 is 4.92 Å². The summed E-state index contributed by atoms with van der Waals surface area (Å²) < 4.78 is 21.3. The Morgan fingerprint density at radius 1 is 1.17 bits per heavy atom. The number of aromatic nitrogens is 4. The van der Waals surface area contributed by atoms with Crippen LogP contribution >= 0.6 is 0 Å². The SMILES string of the molecule is COc1cc(N(C)CCN(C)C)c([N+](=O)[O-])cc1Nc1ncnc(-c2cn(C)c3ccc(F)cc23)n1. The van der Waals surface area contributed by atoms with Gasteiger partial charge in [-0.2, -0.15) is 4.98 Å². The van der Waals surface area contributed by atoms with Crippen LogP contribution in [0, 0.1) is 15.9 Å². The number of rotatable bonds is 9. The van der Waals surface area contributed by atoms with Crippen molar-refractivity contribution in [3.05, 3.63) is 58.8 Å². The van der Waals surface area contributed by atoms with E-state index in [0.29, 0.717) is 40.4 Å². The molecule has 0 atom stereocenters. The van der Waals surface area contributed by atoms with Crippen molar-refractivity contribution in [3.63, 3.8) is 0 Å². The molecule has 0 fully saturated rings. The molecule has 4 rings (SSSR count). The summed E-state index contributed by atoms with van der Waals surface area (Å²) in [5.74, 6) is 0.517. The maximum Gasteiger partial charge on any atom is 0.294 e. The van der Waals surface area contributed by atoms with Gasteiger partial charge in [-0.15, -0.1) is 0 Å². The number of likely N-dealkylation sites (N-methyl/N-ethyl adjacent to an activating group) is 2. The number of halogens is 1. The monoisotopic (exact) mass is 494 g/mol. The number of hydrogen-bond donors (Lipinski definition) is 1. The third kappa shape index (κ3) is 5.03. The van der Waals surface area contributed by atoms with Crippen molar-refractivity contribution in [2.75, 3.05) is 51.6 Å². The van der Waals surface area contributed by atoms with Gasteiger partial charge >= 0.3 is 0 Å². The van der Waals surface area contributed by atoms with Crippen molar-refractivity contribution in [1.29, 1.82) is 0 Å². The Hall–Kier alpha value is -4.32. The second-order valence-corrected chi connectivity index (χ2v) is 8.60. The maximum absolute atomic E-state index is 13.9. The van der Waals surface area contributed by atoms with Crippen LogP contribution < -0.4 is 15.0 Å². The fourth-order valence-electron chi connectivity index (χ4n) is 3.90. The summed E-state index contributed by atoms with van der Waals surface area (Å²) >= 11 is 0. The van der Waals surface area contributed by atoms with Gasteiger partial charge in [0.15, 0.2) is 5.82 Å². The molecule has 1 N–H and O–H groups in total. The number of anilines is 3. The van der Waals surface area contributed by atoms with Crippen LogP contribution in [-0.2, 0) is 7.05 Å². The number of nitro benzene ring substituents is 1. The Kier molecular flexibility index (Phi) is 6.97. The molecule has 0 radical (unpaired) electrons. The van der Waals surface area contributed by atoms with E-state index in [2.05, 4.69) is 20.3 Å². The second kappa shape index (κ2) is 10.1. The molecule has 0 saturated carbocycles. The minimum Gasteiger partial charge on any atom is -0.494 e. The molecule has 0 aliphatic carbocycles. The Balaban J connectivity index is 1.71. The molecule has 0 amide bonds. The van der Waals surface area contributed by atoms with Crippen molar-refractivity contribution in [2.24, 2.45) is 7.05 Å². The van der Waals surface area contributed by atoms with Crippen LogP contribution in [0.2, 0.25) is 0 Å². The molecule has 0 bridgehead atoms. The second-order valence-electron chi connectivity index (χ2n) is 8.60. The zero-order chi connectivity index (χ0) is 26.0. The Morgan fingerprint density at radius 2 is 1.94 bits per heavy atom. The number of hydrogen-bond acceptors (Lipinski definition) is 9. The van der Waals surface area contributed by atoms with E-state index in [1.165, 1.54) is 31.6 Å². The Labute approximate surface area is 207 Å². The molecule has 2 aromatic carbocycles. The number of ether oxygens (including phenoxy) is 1. The fraction of sp³-hybridized carbons (Fsp3) is 0.292. The Bertz CT molecular complexity index is 1420. The largest absolute Gasteiger partial charge is 0.494 e. The van der Waals surface area contributed by atoms with Gasteiger partial charge < -0.3 is 24.4 Å². The highest BCUT2D eigenvalue weighted by Crippen LogP contribution is 2.39. The highest BCUT2D eigenvalue weighted by molar-refractivity contribution is 5.94. The van der Waals surface area contributed by atoms with Gasteiger partial charge in [-0.3, -0.25) is 10.1 Å². The summed E-state index contributed by atoms with van der Waals surface area (Å²) in [4.78, 5) is 28.2. The molecule has 0 saturated heterocycles. The van der Waals surface area contributed by atoms with Gasteiger partial charge in [0.25, 0.3) is 5.69 Å². The van der Waals surface area contributed by atoms with Crippen LogP contribution in [0.4, 0.5) is 27.4 Å². The lowest BCUT2D eigenvalue weighted by atomic mass is 10.1. The molecule has 0 unspecified atom stereocenters. The average molecular weight is 495 g/mol. The normalized spacial score (nSPS) is 11.2. The first-order chi connectivity index (χ1) is 17.2. The van der Waals surface area contributed by atoms with Crippen LogP contribution in [-0.4, -0.2) is 70.7 Å². The van der Waals surface area contributed by atoms with E-state index in [4.69, 9.17) is 4.74 Å². The minimum absolute atomic E-state index is 0.0848. The molecule has 2 heterocycles. The van der Waals surface area contributed by atoms with Crippen molar-refractivity contribution >= 4 is 33.9 Å². The van der Waals surface area contributed by atoms with Gasteiger partial charge in [-0.05, 0) is 32.3 Å². The van der Waals surface area contributed by atoms with Gasteiger partial charge in [0.05, 0.1) is 17.7 Å². The fourth-order valence-corrected chi connectivity index (χ4v) is 3.90. The van der Waals surface area contributed by atoms with E-state index in [1.54, 1.807) is 19.2 Å². The van der Waals surface area contributed by atoms with E-state index in [0.717, 1.165) is 12.1 Å². The third-order valence-electron chi connectivity index (χ3n) is 5.80. The molecule has 4 aromatic rings. The molecular weight excluding hydrogens is 467 g/mol. The summed E-state index contributed by atoms with van der Waals surface area (Å²) in [7, 11) is 9.01. The van der Waals surface area contributed by atoms with E-state index in [9.17, 15) is 14.5 Å². The molecular formula is C24H27FN8O3. The number of nitrogens with one attached hydrogen (secondary N) is 1. The van der Waals surface area contributed by atoms with Crippen LogP contribution in [0.3, 0.4) is 0 Å². The highest BCUT2D eigenvalue weighted by Gasteiger charge is 2.23. The van der Waals surface area contributed by atoms with Gasteiger partial charge in [-0.1, -0.05) is 0 Å². The lowest BCUT2D eigenvalue weighted by Crippen LogP contribution is -2.28. The van der Waals surface area contributed by atoms with Gasteiger partial charge in [-0.25, -0.2) is 14.4 Å². The van der Waals surface area contributed by atoms with Crippen molar-refractivity contribution in [1.82, 2.24) is 24.4 Å². The van der Waals surface area contributed by atoms with Crippen molar-refractivity contribution in [3.8, 4) is 17.1 Å². The van der Waals surface area contributed by atoms with E-state index in [-0.39, 0.29) is 17.5 Å². The van der Waals surface area contributed by atoms with Crippen LogP contribution in [0.25, 0.3) is 22.3 Å². The number of nitrogens with zero attached hydrogens (tertiary/aromatic N) is 7. The highest BCUT2D eigenvalue weighted by atomic mass is 19.1. The standard InChI is InChI=1S/C24H27FN8O3/c1-30(2)8-9-31(3)20-12-22(36-5)18(11-21(20)33(34)35)28-24-27-14-26-23(29-24)17-13-32(4)19-7-6-15(25)10-16(17)19/h6-7,10-14H,8-9H2,1-5H3,(H,26,27,28,29). The van der Waals surface area contributed by atoms with Crippen LogP contribution in [0.5, 0.6) is 5.75 Å². The maximum atomic E-state index is 13.9. The molecule has 36 heavy (non-hydrogen) atoms. The topological polar surface area (TPSA) is 114 Å². The quantitative estimate of drug-likeness (QED) is 0.274. The lowest BCUT2D eigenvalue weighted by Gasteiger charge is -2.22. The molecule has 0 spiro atoms. The van der Waals surface area contributed by atoms with E-state index >= 15 is 0 Å². The minimum atomic E-state index is -0.435. The lowest BCUT2D eigenvalue weighted by molar-refractivity contribution is -0.384. The first kappa shape index (κ1) is 24.8. The smallest absolute Gasteiger partial charge is 0.294 e. The summed E-state index contributed by atoms with van der Waals surface area (Å²) in [6.07, 6.45) is 3.14. The first-order valence-electron chi connectivity index (χ1n) is 11.1. The van der Waals surface area contributed by atoms with Crippen molar-refractivity contribution < 1.29 is 14.1 Å². The summed E-state index contributed by atoms with van der Waals surface area (Å²) in [6, 6.07) is 7.53. The predicted molar refractivity (Wildman–Crippen MR) is 136 cm³/mol. The zero-order valence-corrected chi connectivity index (χ0v) is 20.7. The van der Waals surface area contributed by atoms with Gasteiger partial charge in [0.2, 0.25) is 5.95 Å². The van der Waals surface area contributed by atoms with Crippen molar-refractivity contribution in [2.45, 2.75) is 0 Å². The van der Waals surface area contributed by atoms with E-state index in [1.807, 2.05) is 41.7 Å². The first-order valence-corrected chi connectivity index (χ1v) is 11.1. The summed E-state index contributed by atoms with van der Waals surface area (Å²) in [5, 5.41) is 15.6. The van der Waals surface area contributed by atoms with Crippen LogP contribution in [0.1, 0.15) is 0 Å². The molecule has 188 valence electrons. The molecule has 11 nitrogen and oxygen atoms in total. The third-order valence-corrected chi connectivity index (χ3v) is 5.80. The summed E-state index contributed by atoms with van der Waals surface area (Å²) in [6.45, 7) is 1.31. The number of aryl methyl sites for hydroxylation is 1. The average Bonchev–Trinajstić information content (AvgIpc) is 3.17. The van der Waals surface area contributed by atoms with Gasteiger partial charge in [0, 0.05) is 62.0 Å². The molecule has 12 heteroatoms. The Morgan fingerprint density at radius 3 is 2.64 bits per heavy atom.